The van der Waals surface area contributed by atoms with Crippen molar-refractivity contribution >= 4 is 11.9 Å². The molecule has 0 saturated carbocycles. The van der Waals surface area contributed by atoms with Gasteiger partial charge >= 0.3 is 5.97 Å². The molecule has 0 rings (SSSR count). The quantitative estimate of drug-likeness (QED) is 0.0322. The van der Waals surface area contributed by atoms with Crippen LogP contribution < -0.4 is 5.32 Å². The van der Waals surface area contributed by atoms with Gasteiger partial charge in [-0.2, -0.15) is 0 Å². The summed E-state index contributed by atoms with van der Waals surface area (Å²) in [6.07, 6.45) is 60.5. The second kappa shape index (κ2) is 49.8. The molecule has 0 radical (unpaired) electrons. The smallest absolute Gasteiger partial charge is 0.306 e. The Morgan fingerprint density at radius 2 is 0.871 bits per heavy atom. The van der Waals surface area contributed by atoms with E-state index in [0.717, 1.165) is 57.8 Å². The SMILES string of the molecule is CC/C=C/C=C/C=C\C=C/CCCC(CC(=O)NC(CO)C(O)CCCCCCCCCCCCCCCC)OC(=O)CCCCCCCCCCCCCCCCCCCC. The average Bonchev–Trinajstić information content (AvgIpc) is 3.26. The van der Waals surface area contributed by atoms with Crippen LogP contribution in [0.4, 0.5) is 0 Å². The van der Waals surface area contributed by atoms with E-state index in [-0.39, 0.29) is 24.9 Å². The lowest BCUT2D eigenvalue weighted by atomic mass is 10.0. The van der Waals surface area contributed by atoms with Crippen molar-refractivity contribution < 1.29 is 24.5 Å². The number of aliphatic hydroxyl groups excluding tert-OH is 2. The number of aliphatic hydroxyl groups is 2. The van der Waals surface area contributed by atoms with Gasteiger partial charge in [0, 0.05) is 6.42 Å². The molecule has 0 aliphatic carbocycles. The van der Waals surface area contributed by atoms with Gasteiger partial charge in [-0.1, -0.05) is 268 Å². The fraction of sp³-hybridized carbons (Fsp3) is 0.821. The molecule has 3 atom stereocenters. The average molecular weight is 870 g/mol. The maximum absolute atomic E-state index is 13.2. The Morgan fingerprint density at radius 1 is 0.484 bits per heavy atom. The van der Waals surface area contributed by atoms with Gasteiger partial charge in [0.25, 0.3) is 0 Å². The third-order valence-electron chi connectivity index (χ3n) is 12.3. The molecule has 0 aromatic carbocycles. The van der Waals surface area contributed by atoms with Gasteiger partial charge in [0.2, 0.25) is 5.91 Å². The fourth-order valence-corrected chi connectivity index (χ4v) is 8.21. The number of allylic oxidation sites excluding steroid dienone is 8. The monoisotopic (exact) mass is 870 g/mol. The van der Waals surface area contributed by atoms with Crippen molar-refractivity contribution in [1.82, 2.24) is 5.32 Å². The molecule has 3 N–H and O–H groups in total. The zero-order chi connectivity index (χ0) is 45.2. The van der Waals surface area contributed by atoms with Crippen LogP contribution in [0.15, 0.2) is 48.6 Å². The highest BCUT2D eigenvalue weighted by Gasteiger charge is 2.24. The Kier molecular flexibility index (Phi) is 48.1. The highest BCUT2D eigenvalue weighted by molar-refractivity contribution is 5.77. The first-order valence-corrected chi connectivity index (χ1v) is 26.9. The minimum atomic E-state index is -0.803. The lowest BCUT2D eigenvalue weighted by molar-refractivity contribution is -0.151. The van der Waals surface area contributed by atoms with Gasteiger partial charge < -0.3 is 20.3 Å². The molecule has 6 heteroatoms. The Hall–Kier alpha value is -2.18. The van der Waals surface area contributed by atoms with E-state index in [1.807, 2.05) is 36.5 Å². The molecule has 0 fully saturated rings. The molecule has 0 saturated heterocycles. The largest absolute Gasteiger partial charge is 0.462 e. The summed E-state index contributed by atoms with van der Waals surface area (Å²) in [4.78, 5) is 26.1. The first kappa shape index (κ1) is 59.8. The van der Waals surface area contributed by atoms with Gasteiger partial charge in [0.1, 0.15) is 6.10 Å². The number of amides is 1. The molecule has 0 aromatic heterocycles. The van der Waals surface area contributed by atoms with Gasteiger partial charge in [-0.3, -0.25) is 9.59 Å². The Morgan fingerprint density at radius 3 is 1.29 bits per heavy atom. The van der Waals surface area contributed by atoms with Crippen LogP contribution in [0, 0.1) is 0 Å². The second-order valence-electron chi connectivity index (χ2n) is 18.4. The van der Waals surface area contributed by atoms with Crippen molar-refractivity contribution in [2.45, 2.75) is 289 Å². The number of hydrogen-bond donors (Lipinski definition) is 3. The van der Waals surface area contributed by atoms with E-state index in [1.54, 1.807) is 0 Å². The van der Waals surface area contributed by atoms with E-state index >= 15 is 0 Å². The van der Waals surface area contributed by atoms with Crippen molar-refractivity contribution in [1.29, 1.82) is 0 Å². The highest BCUT2D eigenvalue weighted by Crippen LogP contribution is 2.18. The molecule has 0 bridgehead atoms. The van der Waals surface area contributed by atoms with Gasteiger partial charge in [0.05, 0.1) is 25.2 Å². The van der Waals surface area contributed by atoms with E-state index in [0.29, 0.717) is 19.3 Å². The molecule has 0 heterocycles. The predicted octanol–water partition coefficient (Wildman–Crippen LogP) is 16.2. The van der Waals surface area contributed by atoms with Gasteiger partial charge in [-0.05, 0) is 38.5 Å². The molecule has 6 nitrogen and oxygen atoms in total. The first-order valence-electron chi connectivity index (χ1n) is 26.9. The number of carbonyl (C=O) groups is 2. The van der Waals surface area contributed by atoms with E-state index in [9.17, 15) is 19.8 Å². The van der Waals surface area contributed by atoms with Crippen LogP contribution in [0.2, 0.25) is 0 Å². The van der Waals surface area contributed by atoms with Crippen LogP contribution in [0.5, 0.6) is 0 Å². The molecular weight excluding hydrogens is 767 g/mol. The summed E-state index contributed by atoms with van der Waals surface area (Å²) in [6.45, 7) is 6.34. The number of hydrogen-bond acceptors (Lipinski definition) is 5. The fourth-order valence-electron chi connectivity index (χ4n) is 8.21. The Labute approximate surface area is 385 Å². The molecule has 62 heavy (non-hydrogen) atoms. The lowest BCUT2D eigenvalue weighted by Crippen LogP contribution is -2.46. The normalized spacial score (nSPS) is 13.6. The molecule has 362 valence electrons. The summed E-state index contributed by atoms with van der Waals surface area (Å²) >= 11 is 0. The van der Waals surface area contributed by atoms with Crippen LogP contribution in [0.25, 0.3) is 0 Å². The van der Waals surface area contributed by atoms with Crippen molar-refractivity contribution in [3.8, 4) is 0 Å². The van der Waals surface area contributed by atoms with Crippen molar-refractivity contribution in [2.75, 3.05) is 6.61 Å². The van der Waals surface area contributed by atoms with Gasteiger partial charge in [-0.25, -0.2) is 0 Å². The van der Waals surface area contributed by atoms with Gasteiger partial charge in [0.15, 0.2) is 0 Å². The molecule has 0 aliphatic rings. The molecule has 1 amide bonds. The lowest BCUT2D eigenvalue weighted by Gasteiger charge is -2.24. The third kappa shape index (κ3) is 44.4. The third-order valence-corrected chi connectivity index (χ3v) is 12.3. The summed E-state index contributed by atoms with van der Waals surface area (Å²) in [5, 5.41) is 23.8. The minimum absolute atomic E-state index is 0.0344. The standard InChI is InChI=1S/C56H103NO5/c1-4-7-10-13-16-19-22-24-26-27-28-29-31-34-37-40-43-46-49-56(61)62-52(47-44-41-38-35-32-21-18-15-12-9-6-3)50-55(60)57-53(51-58)54(59)48-45-42-39-36-33-30-25-23-20-17-14-11-8-5-2/h9,12,15,18,21,32,35,38,52-54,58-59H,4-8,10-11,13-14,16-17,19-20,22-31,33-34,36-37,39-51H2,1-3H3,(H,57,60)/b12-9+,18-15+,32-21-,38-35-. The molecule has 0 spiro atoms. The number of rotatable bonds is 48. The van der Waals surface area contributed by atoms with Crippen LogP contribution in [0.1, 0.15) is 271 Å². The summed E-state index contributed by atoms with van der Waals surface area (Å²) in [6, 6.07) is -0.721. The summed E-state index contributed by atoms with van der Waals surface area (Å²) in [5.74, 6) is -0.532. The maximum Gasteiger partial charge on any atom is 0.306 e. The second-order valence-corrected chi connectivity index (χ2v) is 18.4. The van der Waals surface area contributed by atoms with Crippen LogP contribution >= 0.6 is 0 Å². The van der Waals surface area contributed by atoms with Crippen molar-refractivity contribution in [2.24, 2.45) is 0 Å². The van der Waals surface area contributed by atoms with E-state index in [1.165, 1.54) is 167 Å². The van der Waals surface area contributed by atoms with E-state index in [4.69, 9.17) is 4.74 Å². The number of esters is 1. The molecule has 0 aliphatic heterocycles. The first-order chi connectivity index (χ1) is 30.5. The predicted molar refractivity (Wildman–Crippen MR) is 269 cm³/mol. The number of carbonyl (C=O) groups excluding carboxylic acids is 2. The Balaban J connectivity index is 4.51. The summed E-state index contributed by atoms with van der Waals surface area (Å²) < 4.78 is 5.90. The number of nitrogens with one attached hydrogen (secondary N) is 1. The summed E-state index contributed by atoms with van der Waals surface area (Å²) in [7, 11) is 0. The van der Waals surface area contributed by atoms with E-state index in [2.05, 4.69) is 38.2 Å². The zero-order valence-electron chi connectivity index (χ0n) is 41.3. The summed E-state index contributed by atoms with van der Waals surface area (Å²) in [5.41, 5.74) is 0. The highest BCUT2D eigenvalue weighted by atomic mass is 16.5. The molecule has 0 aromatic rings. The number of ether oxygens (including phenoxy) is 1. The van der Waals surface area contributed by atoms with E-state index < -0.39 is 18.2 Å². The maximum atomic E-state index is 13.2. The zero-order valence-corrected chi connectivity index (χ0v) is 41.3. The van der Waals surface area contributed by atoms with Crippen LogP contribution in [-0.2, 0) is 14.3 Å². The molecule has 3 unspecified atom stereocenters. The van der Waals surface area contributed by atoms with Crippen LogP contribution in [-0.4, -0.2) is 46.9 Å². The minimum Gasteiger partial charge on any atom is -0.462 e. The molecular formula is C56H103NO5. The van der Waals surface area contributed by atoms with Crippen molar-refractivity contribution in [3.05, 3.63) is 48.6 Å². The Bertz CT molecular complexity index is 1070. The van der Waals surface area contributed by atoms with Gasteiger partial charge in [-0.15, -0.1) is 0 Å². The topological polar surface area (TPSA) is 95.9 Å². The van der Waals surface area contributed by atoms with Crippen molar-refractivity contribution in [3.63, 3.8) is 0 Å². The number of unbranched alkanes of at least 4 members (excludes halogenated alkanes) is 31. The van der Waals surface area contributed by atoms with Crippen LogP contribution in [0.3, 0.4) is 0 Å².